The number of nitrogens with zero attached hydrogens (tertiary/aromatic N) is 4. The Labute approximate surface area is 143 Å². The van der Waals surface area contributed by atoms with Gasteiger partial charge in [-0.15, -0.1) is 0 Å². The third-order valence-electron chi connectivity index (χ3n) is 4.79. The molecule has 0 bridgehead atoms. The summed E-state index contributed by atoms with van der Waals surface area (Å²) in [6.07, 6.45) is 4.94. The number of imidazole rings is 1. The summed E-state index contributed by atoms with van der Waals surface area (Å²) in [5.74, 6) is 2.99. The first-order valence-corrected chi connectivity index (χ1v) is 8.63. The van der Waals surface area contributed by atoms with Gasteiger partial charge < -0.3 is 13.9 Å². The van der Waals surface area contributed by atoms with Crippen molar-refractivity contribution in [1.29, 1.82) is 0 Å². The summed E-state index contributed by atoms with van der Waals surface area (Å²) in [6.45, 7) is 7.42. The van der Waals surface area contributed by atoms with Gasteiger partial charge in [0.2, 0.25) is 5.91 Å². The number of aromatic nitrogens is 2. The number of aryl methyl sites for hydroxylation is 3. The van der Waals surface area contributed by atoms with E-state index in [0.29, 0.717) is 19.4 Å². The van der Waals surface area contributed by atoms with Gasteiger partial charge in [-0.2, -0.15) is 0 Å². The standard InChI is InChI=1S/C18H26N4O2/c1-4-21-11-12-22(13-16(21)18-19-9-10-20(18)3)17(23)8-7-15-6-5-14(2)24-15/h5-6,9-10,16H,4,7-8,11-13H2,1-3H3/t16-/m1/s1. The number of hydrogen-bond acceptors (Lipinski definition) is 4. The fourth-order valence-corrected chi connectivity index (χ4v) is 3.38. The van der Waals surface area contributed by atoms with Gasteiger partial charge in [-0.3, -0.25) is 9.69 Å². The molecule has 3 heterocycles. The Kier molecular flexibility index (Phi) is 5.04. The van der Waals surface area contributed by atoms with E-state index in [1.807, 2.05) is 48.0 Å². The molecule has 0 N–H and O–H groups in total. The van der Waals surface area contributed by atoms with Crippen LogP contribution in [0.1, 0.15) is 36.7 Å². The van der Waals surface area contributed by atoms with E-state index in [9.17, 15) is 4.79 Å². The second-order valence-corrected chi connectivity index (χ2v) is 6.39. The van der Waals surface area contributed by atoms with E-state index >= 15 is 0 Å². The van der Waals surface area contributed by atoms with Crippen LogP contribution in [-0.4, -0.2) is 51.4 Å². The summed E-state index contributed by atoms with van der Waals surface area (Å²) in [4.78, 5) is 21.5. The Balaban J connectivity index is 1.64. The molecule has 130 valence electrons. The monoisotopic (exact) mass is 330 g/mol. The molecule has 6 nitrogen and oxygen atoms in total. The number of furan rings is 1. The van der Waals surface area contributed by atoms with Gasteiger partial charge in [0.15, 0.2) is 0 Å². The minimum Gasteiger partial charge on any atom is -0.466 e. The van der Waals surface area contributed by atoms with E-state index in [1.54, 1.807) is 0 Å². The van der Waals surface area contributed by atoms with Crippen molar-refractivity contribution in [3.63, 3.8) is 0 Å². The van der Waals surface area contributed by atoms with E-state index < -0.39 is 0 Å². The average Bonchev–Trinajstić information content (AvgIpc) is 3.20. The smallest absolute Gasteiger partial charge is 0.223 e. The molecule has 2 aromatic rings. The molecule has 3 rings (SSSR count). The zero-order valence-electron chi connectivity index (χ0n) is 14.7. The van der Waals surface area contributed by atoms with Crippen LogP contribution in [0.15, 0.2) is 28.9 Å². The lowest BCUT2D eigenvalue weighted by molar-refractivity contribution is -0.134. The molecule has 0 radical (unpaired) electrons. The highest BCUT2D eigenvalue weighted by molar-refractivity contribution is 5.76. The van der Waals surface area contributed by atoms with Crippen molar-refractivity contribution in [2.24, 2.45) is 7.05 Å². The van der Waals surface area contributed by atoms with E-state index in [4.69, 9.17) is 4.42 Å². The number of rotatable bonds is 5. The highest BCUT2D eigenvalue weighted by atomic mass is 16.3. The Bertz CT molecular complexity index is 691. The number of carbonyl (C=O) groups is 1. The lowest BCUT2D eigenvalue weighted by Gasteiger charge is -2.40. The van der Waals surface area contributed by atoms with Crippen LogP contribution in [0.2, 0.25) is 0 Å². The second kappa shape index (κ2) is 7.21. The van der Waals surface area contributed by atoms with E-state index in [1.165, 1.54) is 0 Å². The fraction of sp³-hybridized carbons (Fsp3) is 0.556. The first kappa shape index (κ1) is 16.8. The summed E-state index contributed by atoms with van der Waals surface area (Å²) in [5, 5.41) is 0. The highest BCUT2D eigenvalue weighted by Crippen LogP contribution is 2.24. The predicted molar refractivity (Wildman–Crippen MR) is 91.5 cm³/mol. The Morgan fingerprint density at radius 2 is 2.21 bits per heavy atom. The fourth-order valence-electron chi connectivity index (χ4n) is 3.38. The van der Waals surface area contributed by atoms with Crippen molar-refractivity contribution >= 4 is 5.91 Å². The molecule has 0 aliphatic carbocycles. The molecule has 1 amide bonds. The summed E-state index contributed by atoms with van der Waals surface area (Å²) >= 11 is 0. The lowest BCUT2D eigenvalue weighted by Crippen LogP contribution is -2.51. The number of carbonyl (C=O) groups excluding carboxylic acids is 1. The maximum Gasteiger partial charge on any atom is 0.223 e. The number of likely N-dealkylation sites (N-methyl/N-ethyl adjacent to an activating group) is 1. The topological polar surface area (TPSA) is 54.5 Å². The van der Waals surface area contributed by atoms with E-state index in [2.05, 4.69) is 16.8 Å². The maximum absolute atomic E-state index is 12.6. The summed E-state index contributed by atoms with van der Waals surface area (Å²) in [6, 6.07) is 4.06. The minimum atomic E-state index is 0.165. The van der Waals surface area contributed by atoms with E-state index in [-0.39, 0.29) is 11.9 Å². The summed E-state index contributed by atoms with van der Waals surface area (Å²) < 4.78 is 7.61. The van der Waals surface area contributed by atoms with Crippen molar-refractivity contribution in [2.75, 3.05) is 26.2 Å². The maximum atomic E-state index is 12.6. The number of hydrogen-bond donors (Lipinski definition) is 0. The number of piperazine rings is 1. The van der Waals surface area contributed by atoms with Crippen LogP contribution in [-0.2, 0) is 18.3 Å². The normalized spacial score (nSPS) is 19.0. The molecule has 24 heavy (non-hydrogen) atoms. The van der Waals surface area contributed by atoms with Gasteiger partial charge in [0.1, 0.15) is 17.3 Å². The Hall–Kier alpha value is -2.08. The Morgan fingerprint density at radius 3 is 2.83 bits per heavy atom. The molecule has 0 aromatic carbocycles. The quantitative estimate of drug-likeness (QED) is 0.843. The average molecular weight is 330 g/mol. The van der Waals surface area contributed by atoms with Crippen LogP contribution >= 0.6 is 0 Å². The highest BCUT2D eigenvalue weighted by Gasteiger charge is 2.31. The molecule has 6 heteroatoms. The van der Waals surface area contributed by atoms with Gasteiger partial charge in [-0.1, -0.05) is 6.92 Å². The Morgan fingerprint density at radius 1 is 1.38 bits per heavy atom. The van der Waals surface area contributed by atoms with Crippen LogP contribution in [0.4, 0.5) is 0 Å². The molecule has 1 aliphatic heterocycles. The predicted octanol–water partition coefficient (Wildman–Crippen LogP) is 2.16. The van der Waals surface area contributed by atoms with Crippen LogP contribution in [0, 0.1) is 6.92 Å². The summed E-state index contributed by atoms with van der Waals surface area (Å²) in [5.41, 5.74) is 0. The summed E-state index contributed by atoms with van der Waals surface area (Å²) in [7, 11) is 2.01. The van der Waals surface area contributed by atoms with Crippen molar-refractivity contribution in [3.05, 3.63) is 41.9 Å². The first-order chi connectivity index (χ1) is 11.6. The van der Waals surface area contributed by atoms with Gasteiger partial charge in [0.25, 0.3) is 0 Å². The number of amides is 1. The van der Waals surface area contributed by atoms with Crippen molar-refractivity contribution in [3.8, 4) is 0 Å². The molecule has 0 unspecified atom stereocenters. The third kappa shape index (κ3) is 3.53. The molecule has 2 aromatic heterocycles. The van der Waals surface area contributed by atoms with Gasteiger partial charge in [-0.25, -0.2) is 4.98 Å². The second-order valence-electron chi connectivity index (χ2n) is 6.39. The molecule has 1 atom stereocenters. The van der Waals surface area contributed by atoms with Gasteiger partial charge in [-0.05, 0) is 25.6 Å². The van der Waals surface area contributed by atoms with Gasteiger partial charge in [0, 0.05) is 51.9 Å². The van der Waals surface area contributed by atoms with Crippen LogP contribution in [0.5, 0.6) is 0 Å². The van der Waals surface area contributed by atoms with Crippen molar-refractivity contribution in [2.45, 2.75) is 32.7 Å². The molecule has 1 fully saturated rings. The van der Waals surface area contributed by atoms with Crippen LogP contribution in [0.3, 0.4) is 0 Å². The molecule has 1 aliphatic rings. The van der Waals surface area contributed by atoms with Crippen LogP contribution < -0.4 is 0 Å². The van der Waals surface area contributed by atoms with Crippen LogP contribution in [0.25, 0.3) is 0 Å². The van der Waals surface area contributed by atoms with Crippen molar-refractivity contribution in [1.82, 2.24) is 19.4 Å². The van der Waals surface area contributed by atoms with Gasteiger partial charge in [0.05, 0.1) is 6.04 Å². The molecule has 1 saturated heterocycles. The van der Waals surface area contributed by atoms with Gasteiger partial charge >= 0.3 is 0 Å². The lowest BCUT2D eigenvalue weighted by atomic mass is 10.1. The molecule has 0 saturated carbocycles. The first-order valence-electron chi connectivity index (χ1n) is 8.63. The van der Waals surface area contributed by atoms with Crippen molar-refractivity contribution < 1.29 is 9.21 Å². The minimum absolute atomic E-state index is 0.165. The SMILES string of the molecule is CCN1CCN(C(=O)CCc2ccc(C)o2)C[C@@H]1c1nccn1C. The largest absolute Gasteiger partial charge is 0.466 e. The van der Waals surface area contributed by atoms with E-state index in [0.717, 1.165) is 37.0 Å². The third-order valence-corrected chi connectivity index (χ3v) is 4.79. The molecular formula is C18H26N4O2. The zero-order valence-corrected chi connectivity index (χ0v) is 14.7. The molecule has 0 spiro atoms. The molecular weight excluding hydrogens is 304 g/mol. The zero-order chi connectivity index (χ0) is 17.1.